The minimum atomic E-state index is -0.240. The molecule has 5 nitrogen and oxygen atoms in total. The van der Waals surface area contributed by atoms with Gasteiger partial charge in [0, 0.05) is 36.7 Å². The van der Waals surface area contributed by atoms with Crippen molar-refractivity contribution in [3.05, 3.63) is 59.0 Å². The van der Waals surface area contributed by atoms with Crippen LogP contribution in [0, 0.1) is 5.82 Å². The zero-order valence-corrected chi connectivity index (χ0v) is 14.2. The minimum Gasteiger partial charge on any atom is -0.362 e. The summed E-state index contributed by atoms with van der Waals surface area (Å²) in [7, 11) is 1.79. The number of allylic oxidation sites excluding steroid dienone is 2. The van der Waals surface area contributed by atoms with E-state index in [-0.39, 0.29) is 17.2 Å². The van der Waals surface area contributed by atoms with Crippen LogP contribution in [0.1, 0.15) is 18.4 Å². The Kier molecular flexibility index (Phi) is 4.89. The lowest BCUT2D eigenvalue weighted by atomic mass is 10.1. The summed E-state index contributed by atoms with van der Waals surface area (Å²) in [4.78, 5) is 13.4. The van der Waals surface area contributed by atoms with E-state index < -0.39 is 0 Å². The van der Waals surface area contributed by atoms with Crippen LogP contribution >= 0.6 is 11.8 Å². The summed E-state index contributed by atoms with van der Waals surface area (Å²) in [6.07, 6.45) is 3.92. The van der Waals surface area contributed by atoms with Crippen molar-refractivity contribution in [1.29, 1.82) is 0 Å². The maximum atomic E-state index is 12.9. The Morgan fingerprint density at radius 2 is 2.21 bits per heavy atom. The van der Waals surface area contributed by atoms with Crippen LogP contribution in [0.25, 0.3) is 0 Å². The first-order chi connectivity index (χ1) is 11.5. The standard InChI is InChI=1S/C17H19FN4OS/c1-11-3-8-15(21-22(11)2)16(23)20-17-19-10-14(24-17)9-12-4-6-13(18)7-5-12/h4-7,10,17,19H,1,3,8-9H2,2H3,(H,20,23). The zero-order chi connectivity index (χ0) is 17.1. The van der Waals surface area contributed by atoms with E-state index >= 15 is 0 Å². The van der Waals surface area contributed by atoms with Crippen molar-refractivity contribution in [3.8, 4) is 0 Å². The number of nitrogens with one attached hydrogen (secondary N) is 2. The number of rotatable bonds is 4. The second-order valence-electron chi connectivity index (χ2n) is 5.69. The van der Waals surface area contributed by atoms with Gasteiger partial charge in [-0.1, -0.05) is 30.5 Å². The van der Waals surface area contributed by atoms with Crippen LogP contribution in [0.3, 0.4) is 0 Å². The maximum absolute atomic E-state index is 12.9. The number of benzene rings is 1. The van der Waals surface area contributed by atoms with E-state index in [0.29, 0.717) is 18.6 Å². The van der Waals surface area contributed by atoms with Gasteiger partial charge >= 0.3 is 0 Å². The van der Waals surface area contributed by atoms with E-state index in [1.54, 1.807) is 36.0 Å². The molecular formula is C17H19FN4OS. The Balaban J connectivity index is 1.52. The van der Waals surface area contributed by atoms with Crippen LogP contribution in [0.5, 0.6) is 0 Å². The third kappa shape index (κ3) is 3.97. The third-order valence-corrected chi connectivity index (χ3v) is 4.91. The molecule has 24 heavy (non-hydrogen) atoms. The van der Waals surface area contributed by atoms with Crippen molar-refractivity contribution >= 4 is 23.4 Å². The summed E-state index contributed by atoms with van der Waals surface area (Å²) in [6.45, 7) is 3.89. The summed E-state index contributed by atoms with van der Waals surface area (Å²) in [5, 5.41) is 12.0. The molecule has 1 atom stereocenters. The molecule has 1 amide bonds. The molecule has 126 valence electrons. The molecule has 3 rings (SSSR count). The molecule has 0 bridgehead atoms. The molecule has 0 aromatic heterocycles. The predicted octanol–water partition coefficient (Wildman–Crippen LogP) is 2.54. The van der Waals surface area contributed by atoms with Crippen LogP contribution in [0.4, 0.5) is 4.39 Å². The lowest BCUT2D eigenvalue weighted by Crippen LogP contribution is -2.43. The van der Waals surface area contributed by atoms with Gasteiger partial charge in [0.2, 0.25) is 0 Å². The smallest absolute Gasteiger partial charge is 0.269 e. The second-order valence-corrected chi connectivity index (χ2v) is 6.92. The highest BCUT2D eigenvalue weighted by atomic mass is 32.2. The quantitative estimate of drug-likeness (QED) is 0.880. The molecule has 1 aromatic rings. The van der Waals surface area contributed by atoms with E-state index in [1.165, 1.54) is 12.1 Å². The van der Waals surface area contributed by atoms with Gasteiger partial charge in [-0.15, -0.1) is 0 Å². The van der Waals surface area contributed by atoms with Crippen molar-refractivity contribution in [2.45, 2.75) is 24.8 Å². The molecule has 2 N–H and O–H groups in total. The summed E-state index contributed by atoms with van der Waals surface area (Å²) >= 11 is 1.54. The highest BCUT2D eigenvalue weighted by molar-refractivity contribution is 8.03. The van der Waals surface area contributed by atoms with E-state index in [2.05, 4.69) is 22.3 Å². The SMILES string of the molecule is C=C1CCC(C(=O)NC2NC=C(Cc3ccc(F)cc3)S2)=NN1C. The van der Waals surface area contributed by atoms with E-state index in [1.807, 2.05) is 6.20 Å². The van der Waals surface area contributed by atoms with Gasteiger partial charge in [0.1, 0.15) is 11.5 Å². The van der Waals surface area contributed by atoms with Crippen LogP contribution < -0.4 is 10.6 Å². The number of nitrogens with zero attached hydrogens (tertiary/aromatic N) is 2. The van der Waals surface area contributed by atoms with Gasteiger partial charge in [-0.25, -0.2) is 4.39 Å². The molecule has 1 unspecified atom stereocenters. The topological polar surface area (TPSA) is 56.7 Å². The molecule has 0 saturated heterocycles. The van der Waals surface area contributed by atoms with Gasteiger partial charge in [-0.2, -0.15) is 5.10 Å². The fraction of sp³-hybridized carbons (Fsp3) is 0.294. The molecule has 0 radical (unpaired) electrons. The molecule has 0 saturated carbocycles. The average Bonchev–Trinajstić information content (AvgIpc) is 2.99. The number of thioether (sulfide) groups is 1. The van der Waals surface area contributed by atoms with Crippen LogP contribution in [-0.4, -0.2) is 29.2 Å². The highest BCUT2D eigenvalue weighted by Gasteiger charge is 2.24. The monoisotopic (exact) mass is 346 g/mol. The first kappa shape index (κ1) is 16.6. The summed E-state index contributed by atoms with van der Waals surface area (Å²) in [5.41, 5.74) is 2.23. The summed E-state index contributed by atoms with van der Waals surface area (Å²) in [5.74, 6) is -0.410. The van der Waals surface area contributed by atoms with Crippen LogP contribution in [0.15, 0.2) is 52.7 Å². The molecular weight excluding hydrogens is 327 g/mol. The number of hydrazone groups is 1. The van der Waals surface area contributed by atoms with Gasteiger partial charge in [0.05, 0.1) is 0 Å². The van der Waals surface area contributed by atoms with Crippen LogP contribution in [-0.2, 0) is 11.2 Å². The summed E-state index contributed by atoms with van der Waals surface area (Å²) < 4.78 is 12.9. The Bertz CT molecular complexity index is 714. The first-order valence-corrected chi connectivity index (χ1v) is 8.55. The highest BCUT2D eigenvalue weighted by Crippen LogP contribution is 2.27. The molecule has 2 aliphatic heterocycles. The number of hydrogen-bond acceptors (Lipinski definition) is 5. The minimum absolute atomic E-state index is 0.171. The van der Waals surface area contributed by atoms with Gasteiger partial charge in [0.15, 0.2) is 5.50 Å². The van der Waals surface area contributed by atoms with Crippen molar-refractivity contribution in [2.24, 2.45) is 5.10 Å². The lowest BCUT2D eigenvalue weighted by Gasteiger charge is -2.23. The summed E-state index contributed by atoms with van der Waals surface area (Å²) in [6, 6.07) is 6.44. The number of halogens is 1. The molecule has 7 heteroatoms. The maximum Gasteiger partial charge on any atom is 0.269 e. The van der Waals surface area contributed by atoms with E-state index in [0.717, 1.165) is 22.6 Å². The number of amides is 1. The van der Waals surface area contributed by atoms with Crippen molar-refractivity contribution in [1.82, 2.24) is 15.6 Å². The van der Waals surface area contributed by atoms with E-state index in [9.17, 15) is 9.18 Å². The van der Waals surface area contributed by atoms with Gasteiger partial charge in [-0.05, 0) is 24.1 Å². The molecule has 1 aromatic carbocycles. The van der Waals surface area contributed by atoms with Crippen molar-refractivity contribution < 1.29 is 9.18 Å². The Morgan fingerprint density at radius 1 is 1.46 bits per heavy atom. The fourth-order valence-corrected chi connectivity index (χ4v) is 3.43. The Morgan fingerprint density at radius 3 is 2.92 bits per heavy atom. The van der Waals surface area contributed by atoms with Gasteiger partial charge in [0.25, 0.3) is 5.91 Å². The number of carbonyl (C=O) groups excluding carboxylic acids is 1. The average molecular weight is 346 g/mol. The molecule has 2 heterocycles. The fourth-order valence-electron chi connectivity index (χ4n) is 2.44. The molecule has 2 aliphatic rings. The normalized spacial score (nSPS) is 20.3. The number of carbonyl (C=O) groups is 1. The van der Waals surface area contributed by atoms with Crippen molar-refractivity contribution in [3.63, 3.8) is 0 Å². The molecule has 0 spiro atoms. The molecule has 0 aliphatic carbocycles. The second kappa shape index (κ2) is 7.09. The Hall–Kier alpha value is -2.28. The Labute approximate surface area is 144 Å². The molecule has 0 fully saturated rings. The largest absolute Gasteiger partial charge is 0.362 e. The van der Waals surface area contributed by atoms with Gasteiger partial charge in [-0.3, -0.25) is 9.80 Å². The van der Waals surface area contributed by atoms with Gasteiger partial charge < -0.3 is 10.6 Å². The van der Waals surface area contributed by atoms with E-state index in [4.69, 9.17) is 0 Å². The number of hydrogen-bond donors (Lipinski definition) is 2. The van der Waals surface area contributed by atoms with Crippen molar-refractivity contribution in [2.75, 3.05) is 7.05 Å². The third-order valence-electron chi connectivity index (χ3n) is 3.86. The lowest BCUT2D eigenvalue weighted by molar-refractivity contribution is -0.115. The van der Waals surface area contributed by atoms with Crippen LogP contribution in [0.2, 0.25) is 0 Å². The predicted molar refractivity (Wildman–Crippen MR) is 94.4 cm³/mol. The first-order valence-electron chi connectivity index (χ1n) is 7.67. The zero-order valence-electron chi connectivity index (χ0n) is 13.4.